The Labute approximate surface area is 128 Å². The summed E-state index contributed by atoms with van der Waals surface area (Å²) in [6.45, 7) is 0. The average Bonchev–Trinajstić information content (AvgIpc) is 2.81. The van der Waals surface area contributed by atoms with E-state index in [1.165, 1.54) is 10.9 Å². The van der Waals surface area contributed by atoms with Gasteiger partial charge in [0, 0.05) is 17.6 Å². The standard InChI is InChI=1S/C15H9N5O3/c16-13-12-9(14(22)19-15(12)23)4-11(21)20(13)8-1-2-10-7(3-8)5-17-6-18-10/h1-6H,16H2,(H,19,22,23). The Balaban J connectivity index is 2.02. The summed E-state index contributed by atoms with van der Waals surface area (Å²) in [7, 11) is 0. The molecule has 8 heteroatoms. The van der Waals surface area contributed by atoms with Crippen LogP contribution in [0, 0.1) is 0 Å². The number of hydrogen-bond donors (Lipinski definition) is 2. The summed E-state index contributed by atoms with van der Waals surface area (Å²) in [5.41, 5.74) is 6.67. The topological polar surface area (TPSA) is 120 Å². The van der Waals surface area contributed by atoms with Gasteiger partial charge in [-0.05, 0) is 18.2 Å². The third kappa shape index (κ3) is 1.81. The highest BCUT2D eigenvalue weighted by Crippen LogP contribution is 2.24. The molecule has 23 heavy (non-hydrogen) atoms. The summed E-state index contributed by atoms with van der Waals surface area (Å²) >= 11 is 0. The summed E-state index contributed by atoms with van der Waals surface area (Å²) in [4.78, 5) is 43.9. The van der Waals surface area contributed by atoms with Crippen molar-refractivity contribution in [2.45, 2.75) is 0 Å². The zero-order chi connectivity index (χ0) is 16.1. The number of aromatic nitrogens is 3. The summed E-state index contributed by atoms with van der Waals surface area (Å²) in [5, 5.41) is 2.85. The lowest BCUT2D eigenvalue weighted by molar-refractivity contribution is 0.0880. The minimum Gasteiger partial charge on any atom is -0.384 e. The molecule has 0 saturated carbocycles. The molecule has 4 rings (SSSR count). The number of hydrogen-bond acceptors (Lipinski definition) is 6. The molecule has 1 aliphatic heterocycles. The first-order chi connectivity index (χ1) is 11.1. The van der Waals surface area contributed by atoms with Crippen LogP contribution in [0.25, 0.3) is 16.6 Å². The van der Waals surface area contributed by atoms with Crippen LogP contribution in [0.1, 0.15) is 20.7 Å². The van der Waals surface area contributed by atoms with Gasteiger partial charge < -0.3 is 5.73 Å². The Morgan fingerprint density at radius 2 is 1.91 bits per heavy atom. The van der Waals surface area contributed by atoms with Gasteiger partial charge in [0.2, 0.25) is 0 Å². The molecule has 1 aromatic carbocycles. The number of fused-ring (bicyclic) bond motifs is 2. The molecule has 0 spiro atoms. The zero-order valence-corrected chi connectivity index (χ0v) is 11.6. The van der Waals surface area contributed by atoms with Gasteiger partial charge >= 0.3 is 0 Å². The molecule has 3 N–H and O–H groups in total. The highest BCUT2D eigenvalue weighted by atomic mass is 16.2. The van der Waals surface area contributed by atoms with Crippen molar-refractivity contribution >= 4 is 28.5 Å². The van der Waals surface area contributed by atoms with Gasteiger partial charge in [0.05, 0.1) is 22.3 Å². The van der Waals surface area contributed by atoms with E-state index in [1.54, 1.807) is 24.4 Å². The van der Waals surface area contributed by atoms with E-state index in [-0.39, 0.29) is 16.9 Å². The quantitative estimate of drug-likeness (QED) is 0.622. The van der Waals surface area contributed by atoms with Crippen molar-refractivity contribution in [1.29, 1.82) is 0 Å². The van der Waals surface area contributed by atoms with Crippen molar-refractivity contribution in [1.82, 2.24) is 19.9 Å². The number of carbonyl (C=O) groups is 2. The van der Waals surface area contributed by atoms with E-state index in [4.69, 9.17) is 5.73 Å². The lowest BCUT2D eigenvalue weighted by atomic mass is 10.1. The summed E-state index contributed by atoms with van der Waals surface area (Å²) in [5.74, 6) is -1.31. The minimum absolute atomic E-state index is 0.00197. The number of nitrogen functional groups attached to an aromatic ring is 1. The maximum atomic E-state index is 12.3. The Morgan fingerprint density at radius 1 is 1.09 bits per heavy atom. The minimum atomic E-state index is -0.618. The van der Waals surface area contributed by atoms with E-state index in [9.17, 15) is 14.4 Å². The van der Waals surface area contributed by atoms with Gasteiger partial charge in [-0.3, -0.25) is 24.3 Å². The molecule has 8 nitrogen and oxygen atoms in total. The largest absolute Gasteiger partial charge is 0.384 e. The predicted molar refractivity (Wildman–Crippen MR) is 81.3 cm³/mol. The number of nitrogens with zero attached hydrogens (tertiary/aromatic N) is 3. The van der Waals surface area contributed by atoms with Crippen LogP contribution in [0.15, 0.2) is 41.6 Å². The Morgan fingerprint density at radius 3 is 2.74 bits per heavy atom. The van der Waals surface area contributed by atoms with Crippen molar-refractivity contribution < 1.29 is 9.59 Å². The first-order valence-electron chi connectivity index (χ1n) is 6.67. The third-order valence-corrected chi connectivity index (χ3v) is 3.70. The van der Waals surface area contributed by atoms with Crippen LogP contribution in [0.4, 0.5) is 5.82 Å². The number of nitrogens with two attached hydrogens (primary N) is 1. The van der Waals surface area contributed by atoms with Crippen molar-refractivity contribution in [3.8, 4) is 5.69 Å². The van der Waals surface area contributed by atoms with Crippen LogP contribution in [-0.4, -0.2) is 26.3 Å². The third-order valence-electron chi connectivity index (χ3n) is 3.70. The number of anilines is 1. The van der Waals surface area contributed by atoms with E-state index in [0.717, 1.165) is 11.5 Å². The van der Waals surface area contributed by atoms with Gasteiger partial charge in [0.1, 0.15) is 12.1 Å². The number of amides is 2. The first-order valence-corrected chi connectivity index (χ1v) is 6.67. The molecule has 0 fully saturated rings. The maximum Gasteiger partial charge on any atom is 0.262 e. The molecule has 0 saturated heterocycles. The zero-order valence-electron chi connectivity index (χ0n) is 11.6. The van der Waals surface area contributed by atoms with E-state index in [1.807, 2.05) is 0 Å². The van der Waals surface area contributed by atoms with Crippen LogP contribution < -0.4 is 16.6 Å². The summed E-state index contributed by atoms with van der Waals surface area (Å²) < 4.78 is 1.18. The van der Waals surface area contributed by atoms with Gasteiger partial charge in [-0.1, -0.05) is 0 Å². The molecule has 0 bridgehead atoms. The van der Waals surface area contributed by atoms with Crippen LogP contribution in [0.5, 0.6) is 0 Å². The highest BCUT2D eigenvalue weighted by molar-refractivity contribution is 6.23. The average molecular weight is 307 g/mol. The van der Waals surface area contributed by atoms with Crippen LogP contribution in [-0.2, 0) is 0 Å². The van der Waals surface area contributed by atoms with Crippen molar-refractivity contribution in [2.75, 3.05) is 5.73 Å². The SMILES string of the molecule is Nc1c2c(cc(=O)n1-c1ccc3ncncc3c1)C(=O)NC2=O. The van der Waals surface area contributed by atoms with Crippen LogP contribution in [0.3, 0.4) is 0 Å². The second-order valence-electron chi connectivity index (χ2n) is 5.04. The first kappa shape index (κ1) is 13.1. The van der Waals surface area contributed by atoms with Gasteiger partial charge in [0.15, 0.2) is 0 Å². The molecule has 2 aromatic heterocycles. The summed E-state index contributed by atoms with van der Waals surface area (Å²) in [6.07, 6.45) is 3.03. The van der Waals surface area contributed by atoms with E-state index in [0.29, 0.717) is 11.2 Å². The fourth-order valence-electron chi connectivity index (χ4n) is 2.66. The fourth-order valence-corrected chi connectivity index (χ4v) is 2.66. The summed E-state index contributed by atoms with van der Waals surface area (Å²) in [6, 6.07) is 6.18. The molecule has 2 amide bonds. The molecule has 3 heterocycles. The second-order valence-corrected chi connectivity index (χ2v) is 5.04. The van der Waals surface area contributed by atoms with Gasteiger partial charge in [0.25, 0.3) is 17.4 Å². The molecular formula is C15H9N5O3. The molecule has 1 aliphatic rings. The van der Waals surface area contributed by atoms with E-state index in [2.05, 4.69) is 15.3 Å². The number of benzene rings is 1. The monoisotopic (exact) mass is 307 g/mol. The van der Waals surface area contributed by atoms with Crippen molar-refractivity contribution in [3.63, 3.8) is 0 Å². The fraction of sp³-hybridized carbons (Fsp3) is 0. The number of carbonyl (C=O) groups excluding carboxylic acids is 2. The molecule has 0 unspecified atom stereocenters. The van der Waals surface area contributed by atoms with Gasteiger partial charge in [-0.25, -0.2) is 9.97 Å². The molecule has 0 aliphatic carbocycles. The Bertz CT molecular complexity index is 1070. The highest BCUT2D eigenvalue weighted by Gasteiger charge is 2.31. The number of rotatable bonds is 1. The van der Waals surface area contributed by atoms with Gasteiger partial charge in [-0.2, -0.15) is 0 Å². The molecule has 112 valence electrons. The Hall–Kier alpha value is -3.55. The normalized spacial score (nSPS) is 13.2. The van der Waals surface area contributed by atoms with Gasteiger partial charge in [-0.15, -0.1) is 0 Å². The lowest BCUT2D eigenvalue weighted by Gasteiger charge is -2.12. The lowest BCUT2D eigenvalue weighted by Crippen LogP contribution is -2.24. The number of pyridine rings is 1. The molecule has 3 aromatic rings. The molecular weight excluding hydrogens is 298 g/mol. The van der Waals surface area contributed by atoms with E-state index >= 15 is 0 Å². The smallest absolute Gasteiger partial charge is 0.262 e. The van der Waals surface area contributed by atoms with Crippen molar-refractivity contribution in [3.05, 3.63) is 58.3 Å². The molecule has 0 radical (unpaired) electrons. The molecule has 0 atom stereocenters. The Kier molecular flexibility index (Phi) is 2.55. The van der Waals surface area contributed by atoms with Crippen molar-refractivity contribution in [2.24, 2.45) is 0 Å². The maximum absolute atomic E-state index is 12.3. The van der Waals surface area contributed by atoms with Crippen LogP contribution >= 0.6 is 0 Å². The predicted octanol–water partition coefficient (Wildman–Crippen LogP) is 0.246. The van der Waals surface area contributed by atoms with Crippen LogP contribution in [0.2, 0.25) is 0 Å². The number of nitrogens with one attached hydrogen (secondary N) is 1. The van der Waals surface area contributed by atoms with E-state index < -0.39 is 17.4 Å². The second kappa shape index (κ2) is 4.47. The number of imide groups is 1.